The van der Waals surface area contributed by atoms with Gasteiger partial charge < -0.3 is 14.2 Å². The first kappa shape index (κ1) is 17.9. The Balaban J connectivity index is 3.31. The molecular formula is C12H12F5NO4. The zero-order valence-electron chi connectivity index (χ0n) is 11.5. The lowest BCUT2D eigenvalue weighted by atomic mass is 10.1. The van der Waals surface area contributed by atoms with E-state index in [4.69, 9.17) is 0 Å². The van der Waals surface area contributed by atoms with Crippen molar-refractivity contribution in [2.24, 2.45) is 0 Å². The second-order valence-corrected chi connectivity index (χ2v) is 3.85. The van der Waals surface area contributed by atoms with Crippen LogP contribution in [0.4, 0.5) is 22.0 Å². The van der Waals surface area contributed by atoms with Crippen LogP contribution in [0.3, 0.4) is 0 Å². The Bertz CT molecular complexity index is 533. The van der Waals surface area contributed by atoms with Crippen molar-refractivity contribution in [2.75, 3.05) is 13.7 Å². The molecule has 1 heterocycles. The number of methoxy groups -OCH3 is 1. The lowest BCUT2D eigenvalue weighted by Crippen LogP contribution is -2.20. The van der Waals surface area contributed by atoms with Crippen LogP contribution < -0.4 is 9.47 Å². The summed E-state index contributed by atoms with van der Waals surface area (Å²) in [7, 11) is 0.949. The Labute approximate surface area is 122 Å². The van der Waals surface area contributed by atoms with E-state index in [1.54, 1.807) is 0 Å². The molecule has 0 spiro atoms. The molecule has 124 valence electrons. The van der Waals surface area contributed by atoms with Gasteiger partial charge >= 0.3 is 12.3 Å². The number of rotatable bonds is 6. The standard InChI is InChI=1S/C12H12F5NO4/c1-3-21-8(19)4-7-10(20-2)9(22-12(15,16)17)6(5-18-7)11(13)14/h5,11H,3-4H2,1-2H3. The van der Waals surface area contributed by atoms with E-state index in [2.05, 4.69) is 19.2 Å². The second-order valence-electron chi connectivity index (χ2n) is 3.85. The molecule has 10 heteroatoms. The van der Waals surface area contributed by atoms with Crippen LogP contribution in [-0.2, 0) is 16.0 Å². The van der Waals surface area contributed by atoms with Gasteiger partial charge in [0.2, 0.25) is 0 Å². The predicted octanol–water partition coefficient (Wildman–Crippen LogP) is 3.03. The van der Waals surface area contributed by atoms with Crippen molar-refractivity contribution in [3.63, 3.8) is 0 Å². The Morgan fingerprint density at radius 3 is 2.41 bits per heavy atom. The smallest absolute Gasteiger partial charge is 0.491 e. The summed E-state index contributed by atoms with van der Waals surface area (Å²) in [5, 5.41) is 0. The summed E-state index contributed by atoms with van der Waals surface area (Å²) in [6.07, 6.45) is -8.52. The average molecular weight is 329 g/mol. The predicted molar refractivity (Wildman–Crippen MR) is 62.8 cm³/mol. The largest absolute Gasteiger partial charge is 0.573 e. The molecule has 0 bridgehead atoms. The lowest BCUT2D eigenvalue weighted by molar-refractivity contribution is -0.275. The van der Waals surface area contributed by atoms with E-state index in [9.17, 15) is 26.7 Å². The molecule has 5 nitrogen and oxygen atoms in total. The zero-order chi connectivity index (χ0) is 16.9. The summed E-state index contributed by atoms with van der Waals surface area (Å²) in [6, 6.07) is 0. The first-order valence-electron chi connectivity index (χ1n) is 5.94. The molecule has 0 aliphatic rings. The highest BCUT2D eigenvalue weighted by Crippen LogP contribution is 2.41. The molecule has 0 fully saturated rings. The number of alkyl halides is 5. The maximum absolute atomic E-state index is 12.8. The fraction of sp³-hybridized carbons (Fsp3) is 0.500. The van der Waals surface area contributed by atoms with Gasteiger partial charge in [-0.25, -0.2) is 8.78 Å². The van der Waals surface area contributed by atoms with Gasteiger partial charge in [-0.1, -0.05) is 0 Å². The van der Waals surface area contributed by atoms with E-state index in [-0.39, 0.29) is 12.3 Å². The number of carbonyl (C=O) groups is 1. The zero-order valence-corrected chi connectivity index (χ0v) is 11.5. The van der Waals surface area contributed by atoms with Gasteiger partial charge in [0, 0.05) is 6.20 Å². The van der Waals surface area contributed by atoms with Gasteiger partial charge in [-0.05, 0) is 6.92 Å². The van der Waals surface area contributed by atoms with Gasteiger partial charge in [-0.3, -0.25) is 9.78 Å². The molecule has 0 saturated carbocycles. The van der Waals surface area contributed by atoms with Crippen LogP contribution in [0.5, 0.6) is 11.5 Å². The monoisotopic (exact) mass is 329 g/mol. The fourth-order valence-electron chi connectivity index (χ4n) is 1.59. The normalized spacial score (nSPS) is 11.5. The quantitative estimate of drug-likeness (QED) is 0.593. The van der Waals surface area contributed by atoms with Crippen molar-refractivity contribution in [2.45, 2.75) is 26.1 Å². The molecule has 0 N–H and O–H groups in total. The van der Waals surface area contributed by atoms with Crippen LogP contribution in [0, 0.1) is 0 Å². The van der Waals surface area contributed by atoms with Gasteiger partial charge in [0.1, 0.15) is 0 Å². The fourth-order valence-corrected chi connectivity index (χ4v) is 1.59. The molecule has 1 aromatic rings. The van der Waals surface area contributed by atoms with Crippen LogP contribution in [0.15, 0.2) is 6.20 Å². The van der Waals surface area contributed by atoms with Crippen LogP contribution in [0.25, 0.3) is 0 Å². The lowest BCUT2D eigenvalue weighted by Gasteiger charge is -2.17. The molecule has 0 saturated heterocycles. The first-order chi connectivity index (χ1) is 10.2. The van der Waals surface area contributed by atoms with E-state index < -0.39 is 42.2 Å². The molecule has 1 aromatic heterocycles. The van der Waals surface area contributed by atoms with Gasteiger partial charge in [-0.2, -0.15) is 0 Å². The van der Waals surface area contributed by atoms with Crippen LogP contribution >= 0.6 is 0 Å². The maximum atomic E-state index is 12.8. The van der Waals surface area contributed by atoms with Gasteiger partial charge in [0.25, 0.3) is 6.43 Å². The molecule has 0 amide bonds. The summed E-state index contributed by atoms with van der Waals surface area (Å²) in [5.74, 6) is -2.71. The summed E-state index contributed by atoms with van der Waals surface area (Å²) in [6.45, 7) is 1.57. The third-order valence-corrected chi connectivity index (χ3v) is 2.36. The number of ether oxygens (including phenoxy) is 3. The number of nitrogens with zero attached hydrogens (tertiary/aromatic N) is 1. The number of carbonyl (C=O) groups excluding carboxylic acids is 1. The number of pyridine rings is 1. The molecule has 0 unspecified atom stereocenters. The van der Waals surface area contributed by atoms with Crippen LogP contribution in [-0.4, -0.2) is 31.0 Å². The van der Waals surface area contributed by atoms with Crippen molar-refractivity contribution in [3.8, 4) is 11.5 Å². The average Bonchev–Trinajstić information content (AvgIpc) is 2.37. The topological polar surface area (TPSA) is 57.7 Å². The van der Waals surface area contributed by atoms with Crippen molar-refractivity contribution < 1.29 is 41.0 Å². The number of halogens is 5. The number of hydrogen-bond donors (Lipinski definition) is 0. The Hall–Kier alpha value is -2.13. The molecule has 1 rings (SSSR count). The van der Waals surface area contributed by atoms with Crippen LogP contribution in [0.1, 0.15) is 24.6 Å². The second kappa shape index (κ2) is 7.23. The van der Waals surface area contributed by atoms with Gasteiger partial charge in [-0.15, -0.1) is 13.2 Å². The van der Waals surface area contributed by atoms with E-state index >= 15 is 0 Å². The third-order valence-electron chi connectivity index (χ3n) is 2.36. The summed E-state index contributed by atoms with van der Waals surface area (Å²) in [4.78, 5) is 14.9. The summed E-state index contributed by atoms with van der Waals surface area (Å²) >= 11 is 0. The van der Waals surface area contributed by atoms with E-state index in [0.717, 1.165) is 7.11 Å². The van der Waals surface area contributed by atoms with Crippen molar-refractivity contribution >= 4 is 5.97 Å². The minimum absolute atomic E-state index is 0.0438. The number of aromatic nitrogens is 1. The molecule has 0 atom stereocenters. The van der Waals surface area contributed by atoms with Gasteiger partial charge in [0.05, 0.1) is 31.4 Å². The Morgan fingerprint density at radius 1 is 1.32 bits per heavy atom. The van der Waals surface area contributed by atoms with E-state index in [1.165, 1.54) is 6.92 Å². The SMILES string of the molecule is CCOC(=O)Cc1ncc(C(F)F)c(OC(F)(F)F)c1OC. The minimum Gasteiger partial charge on any atom is -0.491 e. The molecule has 22 heavy (non-hydrogen) atoms. The van der Waals surface area contributed by atoms with Gasteiger partial charge in [0.15, 0.2) is 11.5 Å². The maximum Gasteiger partial charge on any atom is 0.573 e. The summed E-state index contributed by atoms with van der Waals surface area (Å²) in [5.41, 5.74) is -1.40. The first-order valence-corrected chi connectivity index (χ1v) is 5.94. The third kappa shape index (κ3) is 4.71. The number of esters is 1. The number of hydrogen-bond acceptors (Lipinski definition) is 5. The Morgan fingerprint density at radius 2 is 1.95 bits per heavy atom. The van der Waals surface area contributed by atoms with Crippen LogP contribution in [0.2, 0.25) is 0 Å². The molecule has 0 radical (unpaired) electrons. The summed E-state index contributed by atoms with van der Waals surface area (Å²) < 4.78 is 75.6. The minimum atomic E-state index is -5.21. The molecule has 0 aliphatic heterocycles. The van der Waals surface area contributed by atoms with Crippen molar-refractivity contribution in [1.29, 1.82) is 0 Å². The van der Waals surface area contributed by atoms with E-state index in [0.29, 0.717) is 6.20 Å². The highest BCUT2D eigenvalue weighted by Gasteiger charge is 2.36. The highest BCUT2D eigenvalue weighted by molar-refractivity contribution is 5.73. The Kier molecular flexibility index (Phi) is 5.89. The molecule has 0 aromatic carbocycles. The molecular weight excluding hydrogens is 317 g/mol. The van der Waals surface area contributed by atoms with Crippen molar-refractivity contribution in [1.82, 2.24) is 4.98 Å². The molecule has 0 aliphatic carbocycles. The van der Waals surface area contributed by atoms with Crippen molar-refractivity contribution in [3.05, 3.63) is 17.5 Å². The highest BCUT2D eigenvalue weighted by atomic mass is 19.4. The van der Waals surface area contributed by atoms with E-state index in [1.807, 2.05) is 0 Å².